The summed E-state index contributed by atoms with van der Waals surface area (Å²) in [4.78, 5) is 42.1. The van der Waals surface area contributed by atoms with Gasteiger partial charge in [-0.3, -0.25) is 14.6 Å². The van der Waals surface area contributed by atoms with Gasteiger partial charge in [0.2, 0.25) is 6.41 Å². The van der Waals surface area contributed by atoms with E-state index in [2.05, 4.69) is 46.6 Å². The SMILES string of the molecule is C=C/C=C(Cl)\C=C/C.CCC.COC(=O)c1ccc(C(C)N=C(N)c2cc(C(=O)NCc3ccc(F)c(F)c3)nc3ccnn23)cc1C.NC=O. The first-order valence-corrected chi connectivity index (χ1v) is 16.1. The number of nitrogens with one attached hydrogen (secondary N) is 1. The number of ether oxygens (including phenoxy) is 1. The minimum Gasteiger partial charge on any atom is -0.465 e. The highest BCUT2D eigenvalue weighted by Crippen LogP contribution is 2.22. The fraction of sp³-hybridized carbons (Fsp3) is 0.243. The molecule has 5 N–H and O–H groups in total. The van der Waals surface area contributed by atoms with Crippen molar-refractivity contribution in [1.29, 1.82) is 0 Å². The van der Waals surface area contributed by atoms with Gasteiger partial charge in [0.15, 0.2) is 17.3 Å². The number of hydrogen-bond donors (Lipinski definition) is 3. The molecule has 51 heavy (non-hydrogen) atoms. The minimum atomic E-state index is -0.999. The van der Waals surface area contributed by atoms with E-state index in [1.54, 1.807) is 37.3 Å². The Labute approximate surface area is 301 Å². The van der Waals surface area contributed by atoms with Gasteiger partial charge >= 0.3 is 5.97 Å². The number of benzene rings is 2. The average molecular weight is 724 g/mol. The van der Waals surface area contributed by atoms with Crippen LogP contribution in [0.1, 0.15) is 83.4 Å². The van der Waals surface area contributed by atoms with Gasteiger partial charge in [0, 0.05) is 17.6 Å². The number of amidine groups is 1. The Morgan fingerprint density at radius 1 is 1.14 bits per heavy atom. The summed E-state index contributed by atoms with van der Waals surface area (Å²) in [5.41, 5.74) is 13.7. The van der Waals surface area contributed by atoms with Crippen LogP contribution in [-0.2, 0) is 16.1 Å². The van der Waals surface area contributed by atoms with Gasteiger partial charge in [-0.15, -0.1) is 0 Å². The second-order valence-electron chi connectivity index (χ2n) is 10.4. The van der Waals surface area contributed by atoms with Crippen LogP contribution in [0.25, 0.3) is 5.65 Å². The Morgan fingerprint density at radius 3 is 2.37 bits per heavy atom. The maximum atomic E-state index is 13.5. The summed E-state index contributed by atoms with van der Waals surface area (Å²) in [6, 6.07) is 11.4. The summed E-state index contributed by atoms with van der Waals surface area (Å²) in [7, 11) is 1.32. The van der Waals surface area contributed by atoms with E-state index < -0.39 is 23.5 Å². The van der Waals surface area contributed by atoms with Crippen molar-refractivity contribution < 1.29 is 27.9 Å². The number of carbonyl (C=O) groups is 3. The lowest BCUT2D eigenvalue weighted by Crippen LogP contribution is -2.26. The zero-order valence-corrected chi connectivity index (χ0v) is 30.2. The largest absolute Gasteiger partial charge is 0.465 e. The van der Waals surface area contributed by atoms with Crippen LogP contribution in [0, 0.1) is 18.6 Å². The summed E-state index contributed by atoms with van der Waals surface area (Å²) in [5, 5.41) is 7.57. The van der Waals surface area contributed by atoms with Crippen molar-refractivity contribution in [2.75, 3.05) is 7.11 Å². The van der Waals surface area contributed by atoms with Crippen LogP contribution in [0.15, 0.2) is 95.6 Å². The number of esters is 1. The van der Waals surface area contributed by atoms with Crippen molar-refractivity contribution in [3.8, 4) is 0 Å². The van der Waals surface area contributed by atoms with Gasteiger partial charge in [-0.25, -0.2) is 23.1 Å². The topological polar surface area (TPSA) is 167 Å². The maximum absolute atomic E-state index is 13.5. The van der Waals surface area contributed by atoms with E-state index in [4.69, 9.17) is 26.9 Å². The Hall–Kier alpha value is -5.69. The number of fused-ring (bicyclic) bond motifs is 1. The highest BCUT2D eigenvalue weighted by atomic mass is 35.5. The number of aliphatic imine (C=N–C) groups is 1. The Morgan fingerprint density at radius 2 is 1.80 bits per heavy atom. The molecule has 2 aromatic heterocycles. The van der Waals surface area contributed by atoms with E-state index in [-0.39, 0.29) is 30.5 Å². The lowest BCUT2D eigenvalue weighted by molar-refractivity contribution is -0.106. The molecule has 11 nitrogen and oxygen atoms in total. The summed E-state index contributed by atoms with van der Waals surface area (Å²) in [5.74, 6) is -2.81. The number of aryl methyl sites for hydroxylation is 1. The summed E-state index contributed by atoms with van der Waals surface area (Å²) < 4.78 is 32.9. The molecule has 2 aromatic carbocycles. The third-order valence-electron chi connectivity index (χ3n) is 6.37. The molecule has 4 rings (SSSR count). The number of nitrogens with two attached hydrogens (primary N) is 2. The molecule has 14 heteroatoms. The van der Waals surface area contributed by atoms with Crippen LogP contribution in [0.4, 0.5) is 8.78 Å². The van der Waals surface area contributed by atoms with E-state index in [0.717, 1.165) is 23.3 Å². The maximum Gasteiger partial charge on any atom is 0.338 e. The van der Waals surface area contributed by atoms with Crippen molar-refractivity contribution in [1.82, 2.24) is 19.9 Å². The lowest BCUT2D eigenvalue weighted by Gasteiger charge is -2.13. The molecule has 4 aromatic rings. The molecule has 0 saturated carbocycles. The monoisotopic (exact) mass is 723 g/mol. The van der Waals surface area contributed by atoms with Crippen LogP contribution in [0.2, 0.25) is 0 Å². The van der Waals surface area contributed by atoms with E-state index in [0.29, 0.717) is 27.5 Å². The molecule has 2 heterocycles. The molecule has 0 radical (unpaired) electrons. The van der Waals surface area contributed by atoms with Crippen LogP contribution < -0.4 is 16.8 Å². The van der Waals surface area contributed by atoms with Gasteiger partial charge in [0.05, 0.1) is 24.9 Å². The predicted molar refractivity (Wildman–Crippen MR) is 197 cm³/mol. The highest BCUT2D eigenvalue weighted by Gasteiger charge is 2.17. The summed E-state index contributed by atoms with van der Waals surface area (Å²) >= 11 is 5.58. The normalized spacial score (nSPS) is 11.5. The number of nitrogens with zero attached hydrogens (tertiary/aromatic N) is 4. The van der Waals surface area contributed by atoms with Crippen molar-refractivity contribution in [3.05, 3.63) is 136 Å². The molecule has 1 unspecified atom stereocenters. The van der Waals surface area contributed by atoms with Crippen LogP contribution in [-0.4, -0.2) is 45.8 Å². The van der Waals surface area contributed by atoms with Crippen molar-refractivity contribution in [2.45, 2.75) is 53.6 Å². The number of rotatable bonds is 9. The Bertz CT molecular complexity index is 1870. The molecular weight excluding hydrogens is 680 g/mol. The van der Waals surface area contributed by atoms with Gasteiger partial charge in [0.25, 0.3) is 5.91 Å². The Balaban J connectivity index is 0.000000791. The first kappa shape index (κ1) is 43.3. The number of methoxy groups -OCH3 is 1. The van der Waals surface area contributed by atoms with Crippen LogP contribution in [0.3, 0.4) is 0 Å². The number of primary amides is 1. The van der Waals surface area contributed by atoms with Gasteiger partial charge in [-0.1, -0.05) is 68.8 Å². The van der Waals surface area contributed by atoms with Crippen LogP contribution in [0.5, 0.6) is 0 Å². The number of aromatic nitrogens is 3. The summed E-state index contributed by atoms with van der Waals surface area (Å²) in [6.45, 7) is 13.3. The smallest absolute Gasteiger partial charge is 0.338 e. The first-order chi connectivity index (χ1) is 24.3. The molecule has 1 atom stereocenters. The van der Waals surface area contributed by atoms with Gasteiger partial charge in [-0.05, 0) is 73.9 Å². The fourth-order valence-corrected chi connectivity index (χ4v) is 4.31. The Kier molecular flexibility index (Phi) is 19.4. The molecule has 0 aliphatic carbocycles. The summed E-state index contributed by atoms with van der Waals surface area (Å²) in [6.07, 6.45) is 10.1. The van der Waals surface area contributed by atoms with Gasteiger partial charge in [0.1, 0.15) is 17.2 Å². The first-order valence-electron chi connectivity index (χ1n) is 15.7. The number of amides is 2. The average Bonchev–Trinajstić information content (AvgIpc) is 3.58. The quantitative estimate of drug-likeness (QED) is 0.0556. The van der Waals surface area contributed by atoms with Crippen molar-refractivity contribution >= 4 is 41.4 Å². The minimum absolute atomic E-state index is 0.0288. The predicted octanol–water partition coefficient (Wildman–Crippen LogP) is 6.89. The van der Waals surface area contributed by atoms with E-state index in [1.807, 2.05) is 32.1 Å². The lowest BCUT2D eigenvalue weighted by atomic mass is 10.0. The third kappa shape index (κ3) is 14.0. The molecule has 0 aliphatic rings. The second kappa shape index (κ2) is 22.9. The fourth-order valence-electron chi connectivity index (χ4n) is 4.10. The third-order valence-corrected chi connectivity index (χ3v) is 6.62. The van der Waals surface area contributed by atoms with Crippen molar-refractivity contribution in [3.63, 3.8) is 0 Å². The van der Waals surface area contributed by atoms with Crippen molar-refractivity contribution in [2.24, 2.45) is 16.5 Å². The zero-order chi connectivity index (χ0) is 38.5. The number of hydrogen-bond acceptors (Lipinski definition) is 7. The zero-order valence-electron chi connectivity index (χ0n) is 29.5. The number of carbonyl (C=O) groups excluding carboxylic acids is 3. The molecule has 0 fully saturated rings. The molecule has 0 aliphatic heterocycles. The molecule has 0 bridgehead atoms. The van der Waals surface area contributed by atoms with Crippen LogP contribution >= 0.6 is 11.6 Å². The molecular formula is C37H44ClF2N7O4. The number of allylic oxidation sites excluding steroid dienone is 5. The highest BCUT2D eigenvalue weighted by molar-refractivity contribution is 6.31. The van der Waals surface area contributed by atoms with E-state index >= 15 is 0 Å². The standard InChI is InChI=1S/C26H24F2N6O3.C7H9Cl.C3H8.CH3NO/c1-14-10-17(5-6-18(14)26(36)37-3)15(2)32-24(29)22-12-21(33-23-8-9-31-34(22)23)25(35)30-13-16-4-7-19(27)20(28)11-16;1-3-5-7(8)6-4-2;1-3-2;2-1-3/h4-12,15H,13H2,1-3H3,(H2,29,32)(H,30,35);3-6H,1H2,2H3;3H2,1-2H3;1H,(H2,2,3)/b;6-4-,7-5+;;. The molecule has 272 valence electrons. The van der Waals surface area contributed by atoms with Gasteiger partial charge < -0.3 is 21.5 Å². The number of halogens is 3. The molecule has 0 saturated heterocycles. The molecule has 2 amide bonds. The van der Waals surface area contributed by atoms with E-state index in [9.17, 15) is 18.4 Å². The molecule has 0 spiro atoms. The van der Waals surface area contributed by atoms with Gasteiger partial charge in [-0.2, -0.15) is 5.10 Å². The van der Waals surface area contributed by atoms with E-state index in [1.165, 1.54) is 36.4 Å². The second-order valence-corrected chi connectivity index (χ2v) is 10.9.